The number of rotatable bonds is 7. The second kappa shape index (κ2) is 9.85. The molecular formula is C25H26N2O3. The van der Waals surface area contributed by atoms with Crippen LogP contribution >= 0.6 is 0 Å². The van der Waals surface area contributed by atoms with Crippen molar-refractivity contribution in [1.82, 2.24) is 5.32 Å². The quantitative estimate of drug-likeness (QED) is 0.575. The molecule has 0 spiro atoms. The van der Waals surface area contributed by atoms with Crippen molar-refractivity contribution in [2.45, 2.75) is 19.9 Å². The Balaban J connectivity index is 1.74. The van der Waals surface area contributed by atoms with E-state index in [1.807, 2.05) is 44.2 Å². The van der Waals surface area contributed by atoms with E-state index in [2.05, 4.69) is 34.9 Å². The van der Waals surface area contributed by atoms with Crippen molar-refractivity contribution in [3.05, 3.63) is 101 Å². The van der Waals surface area contributed by atoms with Crippen LogP contribution in [0.25, 0.3) is 0 Å². The Hall–Kier alpha value is -3.44. The number of amides is 1. The third-order valence-corrected chi connectivity index (χ3v) is 4.94. The van der Waals surface area contributed by atoms with Crippen molar-refractivity contribution in [3.8, 4) is 0 Å². The van der Waals surface area contributed by atoms with Crippen molar-refractivity contribution in [2.24, 2.45) is 0 Å². The molecule has 0 aliphatic rings. The molecule has 1 amide bonds. The molecule has 3 rings (SSSR count). The van der Waals surface area contributed by atoms with Crippen LogP contribution in [0.5, 0.6) is 0 Å². The zero-order valence-electron chi connectivity index (χ0n) is 17.4. The summed E-state index contributed by atoms with van der Waals surface area (Å²) in [5.41, 5.74) is 5.21. The largest absolute Gasteiger partial charge is 0.465 e. The lowest BCUT2D eigenvalue weighted by Crippen LogP contribution is -2.32. The fraction of sp³-hybridized carbons (Fsp3) is 0.200. The number of carbonyl (C=O) groups is 2. The number of anilines is 1. The van der Waals surface area contributed by atoms with Crippen molar-refractivity contribution >= 4 is 17.6 Å². The number of esters is 1. The minimum absolute atomic E-state index is 0.111. The predicted molar refractivity (Wildman–Crippen MR) is 119 cm³/mol. The van der Waals surface area contributed by atoms with Gasteiger partial charge in [0.1, 0.15) is 0 Å². The third-order valence-electron chi connectivity index (χ3n) is 4.94. The number of methoxy groups -OCH3 is 1. The molecule has 1 atom stereocenters. The van der Waals surface area contributed by atoms with E-state index in [0.717, 1.165) is 16.7 Å². The summed E-state index contributed by atoms with van der Waals surface area (Å²) in [7, 11) is 1.33. The second-order valence-corrected chi connectivity index (χ2v) is 7.20. The monoisotopic (exact) mass is 402 g/mol. The molecule has 30 heavy (non-hydrogen) atoms. The molecule has 0 saturated heterocycles. The summed E-state index contributed by atoms with van der Waals surface area (Å²) in [4.78, 5) is 24.4. The molecule has 3 aromatic carbocycles. The Bertz CT molecular complexity index is 1010. The number of aryl methyl sites for hydroxylation is 2. The summed E-state index contributed by atoms with van der Waals surface area (Å²) in [5, 5.41) is 6.24. The Morgan fingerprint density at radius 3 is 2.23 bits per heavy atom. The van der Waals surface area contributed by atoms with Crippen LogP contribution in [0.1, 0.15) is 38.7 Å². The number of hydrogen-bond donors (Lipinski definition) is 2. The molecule has 0 fully saturated rings. The normalized spacial score (nSPS) is 11.6. The number of carbonyl (C=O) groups excluding carboxylic acids is 2. The maximum absolute atomic E-state index is 12.6. The van der Waals surface area contributed by atoms with E-state index in [-0.39, 0.29) is 18.5 Å². The Labute approximate surface area is 177 Å². The minimum atomic E-state index is -0.438. The summed E-state index contributed by atoms with van der Waals surface area (Å²) < 4.78 is 4.76. The summed E-state index contributed by atoms with van der Waals surface area (Å²) >= 11 is 0. The van der Waals surface area contributed by atoms with Crippen LogP contribution < -0.4 is 10.6 Å². The van der Waals surface area contributed by atoms with E-state index in [4.69, 9.17) is 4.74 Å². The van der Waals surface area contributed by atoms with Crippen LogP contribution in [0.3, 0.4) is 0 Å². The van der Waals surface area contributed by atoms with Gasteiger partial charge in [0.15, 0.2) is 0 Å². The molecule has 0 saturated carbocycles. The summed E-state index contributed by atoms with van der Waals surface area (Å²) in [6.45, 7) is 4.05. The van der Waals surface area contributed by atoms with E-state index < -0.39 is 5.97 Å². The average Bonchev–Trinajstić information content (AvgIpc) is 2.77. The standard InChI is InChI=1S/C25H26N2O3/c1-17-9-12-20(13-10-17)24(19-7-5-4-6-8-19)26-16-23(28)27-22-15-21(25(29)30-3)14-11-18(22)2/h4-15,24,26H,16H2,1-3H3,(H,27,28)/t24-/m1/s1. The maximum Gasteiger partial charge on any atom is 0.337 e. The highest BCUT2D eigenvalue weighted by atomic mass is 16.5. The van der Waals surface area contributed by atoms with Gasteiger partial charge >= 0.3 is 5.97 Å². The number of hydrogen-bond acceptors (Lipinski definition) is 4. The van der Waals surface area contributed by atoms with E-state index in [1.165, 1.54) is 12.7 Å². The van der Waals surface area contributed by atoms with Crippen molar-refractivity contribution in [3.63, 3.8) is 0 Å². The van der Waals surface area contributed by atoms with Gasteiger partial charge < -0.3 is 10.1 Å². The van der Waals surface area contributed by atoms with Crippen LogP contribution in [0.2, 0.25) is 0 Å². The lowest BCUT2D eigenvalue weighted by Gasteiger charge is -2.20. The van der Waals surface area contributed by atoms with E-state index >= 15 is 0 Å². The van der Waals surface area contributed by atoms with Gasteiger partial charge in [0.05, 0.1) is 25.3 Å². The second-order valence-electron chi connectivity index (χ2n) is 7.20. The molecule has 0 aliphatic heterocycles. The molecule has 0 bridgehead atoms. The molecule has 0 heterocycles. The molecule has 5 nitrogen and oxygen atoms in total. The molecule has 0 aliphatic carbocycles. The fourth-order valence-electron chi connectivity index (χ4n) is 3.22. The average molecular weight is 402 g/mol. The van der Waals surface area contributed by atoms with Crippen LogP contribution in [-0.2, 0) is 9.53 Å². The van der Waals surface area contributed by atoms with Crippen LogP contribution in [0.15, 0.2) is 72.8 Å². The van der Waals surface area contributed by atoms with Gasteiger partial charge in [0.2, 0.25) is 5.91 Å². The highest BCUT2D eigenvalue weighted by molar-refractivity contribution is 5.96. The summed E-state index contributed by atoms with van der Waals surface area (Å²) in [5.74, 6) is -0.625. The van der Waals surface area contributed by atoms with E-state index in [9.17, 15) is 9.59 Å². The predicted octanol–water partition coefficient (Wildman–Crippen LogP) is 4.41. The zero-order valence-corrected chi connectivity index (χ0v) is 17.4. The van der Waals surface area contributed by atoms with Gasteiger partial charge in [0.25, 0.3) is 0 Å². The summed E-state index contributed by atoms with van der Waals surface area (Å²) in [6, 6.07) is 23.3. The fourth-order valence-corrected chi connectivity index (χ4v) is 3.22. The molecule has 154 valence electrons. The molecular weight excluding hydrogens is 376 g/mol. The van der Waals surface area contributed by atoms with Gasteiger partial charge in [0, 0.05) is 5.69 Å². The highest BCUT2D eigenvalue weighted by Gasteiger charge is 2.16. The van der Waals surface area contributed by atoms with Gasteiger partial charge in [-0.25, -0.2) is 4.79 Å². The van der Waals surface area contributed by atoms with Crippen LogP contribution in [-0.4, -0.2) is 25.5 Å². The lowest BCUT2D eigenvalue weighted by atomic mass is 9.98. The van der Waals surface area contributed by atoms with Gasteiger partial charge in [-0.15, -0.1) is 0 Å². The first-order valence-corrected chi connectivity index (χ1v) is 9.81. The first-order valence-electron chi connectivity index (χ1n) is 9.81. The van der Waals surface area contributed by atoms with Crippen molar-refractivity contribution in [1.29, 1.82) is 0 Å². The van der Waals surface area contributed by atoms with Gasteiger partial charge in [-0.2, -0.15) is 0 Å². The lowest BCUT2D eigenvalue weighted by molar-refractivity contribution is -0.115. The molecule has 0 unspecified atom stereocenters. The minimum Gasteiger partial charge on any atom is -0.465 e. The zero-order chi connectivity index (χ0) is 21.5. The van der Waals surface area contributed by atoms with E-state index in [1.54, 1.807) is 18.2 Å². The molecule has 3 aromatic rings. The molecule has 0 radical (unpaired) electrons. The molecule has 0 aromatic heterocycles. The highest BCUT2D eigenvalue weighted by Crippen LogP contribution is 2.22. The first-order chi connectivity index (χ1) is 14.5. The van der Waals surface area contributed by atoms with Crippen LogP contribution in [0, 0.1) is 13.8 Å². The van der Waals surface area contributed by atoms with Gasteiger partial charge in [-0.05, 0) is 42.7 Å². The third kappa shape index (κ3) is 5.33. The number of nitrogens with one attached hydrogen (secondary N) is 2. The number of ether oxygens (including phenoxy) is 1. The molecule has 2 N–H and O–H groups in total. The SMILES string of the molecule is COC(=O)c1ccc(C)c(NC(=O)CN[C@H](c2ccccc2)c2ccc(C)cc2)c1. The van der Waals surface area contributed by atoms with Gasteiger partial charge in [-0.1, -0.05) is 66.2 Å². The Morgan fingerprint density at radius 2 is 1.57 bits per heavy atom. The number of benzene rings is 3. The van der Waals surface area contributed by atoms with E-state index in [0.29, 0.717) is 11.3 Å². The maximum atomic E-state index is 12.6. The van der Waals surface area contributed by atoms with Gasteiger partial charge in [-0.3, -0.25) is 10.1 Å². The first kappa shape index (κ1) is 21.3. The topological polar surface area (TPSA) is 67.4 Å². The molecule has 5 heteroatoms. The smallest absolute Gasteiger partial charge is 0.337 e. The van der Waals surface area contributed by atoms with Crippen molar-refractivity contribution in [2.75, 3.05) is 19.0 Å². The Morgan fingerprint density at radius 1 is 0.900 bits per heavy atom. The van der Waals surface area contributed by atoms with Crippen molar-refractivity contribution < 1.29 is 14.3 Å². The summed E-state index contributed by atoms with van der Waals surface area (Å²) in [6.07, 6.45) is 0. The van der Waals surface area contributed by atoms with Crippen LogP contribution in [0.4, 0.5) is 5.69 Å². The Kier molecular flexibility index (Phi) is 6.99.